The minimum absolute atomic E-state index is 0.158. The standard InChI is InChI=1S/C17H15ClN2O/c1-11-8-17(16-5-3-13(18)10-19-16)20-15-4-2-12(6-7-21)9-14(11)15/h2-5,8-10,21H,6-7H2,1H3. The molecule has 1 aromatic carbocycles. The van der Waals surface area contributed by atoms with Gasteiger partial charge in [0.25, 0.3) is 0 Å². The van der Waals surface area contributed by atoms with Crippen LogP contribution in [0.15, 0.2) is 42.6 Å². The summed E-state index contributed by atoms with van der Waals surface area (Å²) in [6.45, 7) is 2.22. The van der Waals surface area contributed by atoms with Gasteiger partial charge in [-0.3, -0.25) is 4.98 Å². The fraction of sp³-hybridized carbons (Fsp3) is 0.176. The third kappa shape index (κ3) is 2.89. The highest BCUT2D eigenvalue weighted by Gasteiger charge is 2.07. The third-order valence-electron chi connectivity index (χ3n) is 3.47. The van der Waals surface area contributed by atoms with E-state index < -0.39 is 0 Å². The molecule has 0 atom stereocenters. The van der Waals surface area contributed by atoms with E-state index in [2.05, 4.69) is 23.0 Å². The van der Waals surface area contributed by atoms with E-state index in [0.29, 0.717) is 11.4 Å². The van der Waals surface area contributed by atoms with Crippen molar-refractivity contribution >= 4 is 22.5 Å². The minimum Gasteiger partial charge on any atom is -0.396 e. The summed E-state index contributed by atoms with van der Waals surface area (Å²) in [5, 5.41) is 10.8. The molecule has 3 nitrogen and oxygen atoms in total. The number of aliphatic hydroxyl groups excluding tert-OH is 1. The van der Waals surface area contributed by atoms with Crippen molar-refractivity contribution in [2.75, 3.05) is 6.61 Å². The Bertz CT molecular complexity index is 785. The zero-order valence-electron chi connectivity index (χ0n) is 11.7. The SMILES string of the molecule is Cc1cc(-c2ccc(Cl)cn2)nc2ccc(CCO)cc12. The first-order valence-corrected chi connectivity index (χ1v) is 7.18. The maximum atomic E-state index is 9.04. The molecule has 0 aliphatic carbocycles. The Hall–Kier alpha value is -1.97. The van der Waals surface area contributed by atoms with Crippen LogP contribution in [-0.2, 0) is 6.42 Å². The number of hydrogen-bond donors (Lipinski definition) is 1. The average Bonchev–Trinajstić information content (AvgIpc) is 2.49. The molecule has 0 saturated carbocycles. The van der Waals surface area contributed by atoms with Crippen LogP contribution in [0.3, 0.4) is 0 Å². The summed E-state index contributed by atoms with van der Waals surface area (Å²) in [6, 6.07) is 11.8. The van der Waals surface area contributed by atoms with Crippen molar-refractivity contribution in [2.45, 2.75) is 13.3 Å². The third-order valence-corrected chi connectivity index (χ3v) is 3.69. The van der Waals surface area contributed by atoms with E-state index in [1.807, 2.05) is 30.3 Å². The fourth-order valence-corrected chi connectivity index (χ4v) is 2.50. The van der Waals surface area contributed by atoms with E-state index in [9.17, 15) is 0 Å². The van der Waals surface area contributed by atoms with Gasteiger partial charge in [0, 0.05) is 18.2 Å². The Morgan fingerprint density at radius 3 is 2.67 bits per heavy atom. The van der Waals surface area contributed by atoms with Crippen LogP contribution in [0.2, 0.25) is 5.02 Å². The van der Waals surface area contributed by atoms with Gasteiger partial charge in [-0.15, -0.1) is 0 Å². The zero-order valence-corrected chi connectivity index (χ0v) is 12.4. The number of halogens is 1. The van der Waals surface area contributed by atoms with Crippen LogP contribution in [0.1, 0.15) is 11.1 Å². The summed E-state index contributed by atoms with van der Waals surface area (Å²) in [7, 11) is 0. The van der Waals surface area contributed by atoms with Gasteiger partial charge in [0.1, 0.15) is 0 Å². The molecule has 0 radical (unpaired) electrons. The molecule has 0 aliphatic rings. The first-order valence-electron chi connectivity index (χ1n) is 6.80. The molecule has 0 aliphatic heterocycles. The Morgan fingerprint density at radius 2 is 1.95 bits per heavy atom. The van der Waals surface area contributed by atoms with E-state index >= 15 is 0 Å². The van der Waals surface area contributed by atoms with Crippen molar-refractivity contribution in [3.05, 3.63) is 58.7 Å². The molecule has 21 heavy (non-hydrogen) atoms. The molecule has 0 saturated heterocycles. The largest absolute Gasteiger partial charge is 0.396 e. The number of fused-ring (bicyclic) bond motifs is 1. The second-order valence-electron chi connectivity index (χ2n) is 5.01. The van der Waals surface area contributed by atoms with Gasteiger partial charge in [-0.25, -0.2) is 4.98 Å². The molecule has 4 heteroatoms. The molecule has 3 rings (SSSR count). The van der Waals surface area contributed by atoms with Gasteiger partial charge in [0.05, 0.1) is 21.9 Å². The first-order chi connectivity index (χ1) is 10.2. The van der Waals surface area contributed by atoms with Gasteiger partial charge >= 0.3 is 0 Å². The number of pyridine rings is 2. The molecule has 0 unspecified atom stereocenters. The van der Waals surface area contributed by atoms with Crippen molar-refractivity contribution in [1.82, 2.24) is 9.97 Å². The maximum Gasteiger partial charge on any atom is 0.0896 e. The Morgan fingerprint density at radius 1 is 1.10 bits per heavy atom. The Labute approximate surface area is 128 Å². The zero-order chi connectivity index (χ0) is 14.8. The van der Waals surface area contributed by atoms with Gasteiger partial charge in [0.15, 0.2) is 0 Å². The van der Waals surface area contributed by atoms with Crippen LogP contribution in [0, 0.1) is 6.92 Å². The van der Waals surface area contributed by atoms with Gasteiger partial charge in [0.2, 0.25) is 0 Å². The Kier molecular flexibility index (Phi) is 3.86. The predicted octanol–water partition coefficient (Wildman–Crippen LogP) is 3.79. The van der Waals surface area contributed by atoms with Crippen LogP contribution in [0.25, 0.3) is 22.3 Å². The number of rotatable bonds is 3. The molecule has 2 heterocycles. The van der Waals surface area contributed by atoms with E-state index in [1.54, 1.807) is 6.20 Å². The van der Waals surface area contributed by atoms with Crippen molar-refractivity contribution in [2.24, 2.45) is 0 Å². The lowest BCUT2D eigenvalue weighted by Gasteiger charge is -2.08. The molecule has 0 spiro atoms. The lowest BCUT2D eigenvalue weighted by atomic mass is 10.0. The lowest BCUT2D eigenvalue weighted by Crippen LogP contribution is -1.94. The lowest BCUT2D eigenvalue weighted by molar-refractivity contribution is 0.299. The molecule has 2 aromatic heterocycles. The molecular formula is C17H15ClN2O. The van der Waals surface area contributed by atoms with Crippen LogP contribution in [-0.4, -0.2) is 21.7 Å². The maximum absolute atomic E-state index is 9.04. The molecule has 0 bridgehead atoms. The van der Waals surface area contributed by atoms with Crippen molar-refractivity contribution < 1.29 is 5.11 Å². The summed E-state index contributed by atoms with van der Waals surface area (Å²) < 4.78 is 0. The quantitative estimate of drug-likeness (QED) is 0.800. The van der Waals surface area contributed by atoms with Crippen LogP contribution >= 0.6 is 11.6 Å². The fourth-order valence-electron chi connectivity index (χ4n) is 2.38. The highest BCUT2D eigenvalue weighted by Crippen LogP contribution is 2.24. The van der Waals surface area contributed by atoms with E-state index in [0.717, 1.165) is 33.4 Å². The highest BCUT2D eigenvalue weighted by molar-refractivity contribution is 6.30. The summed E-state index contributed by atoms with van der Waals surface area (Å²) in [5.74, 6) is 0. The number of aryl methyl sites for hydroxylation is 1. The van der Waals surface area contributed by atoms with Crippen LogP contribution < -0.4 is 0 Å². The van der Waals surface area contributed by atoms with Gasteiger partial charge in [-0.05, 0) is 54.8 Å². The number of aromatic nitrogens is 2. The predicted molar refractivity (Wildman–Crippen MR) is 85.5 cm³/mol. The molecule has 0 fully saturated rings. The monoisotopic (exact) mass is 298 g/mol. The summed E-state index contributed by atoms with van der Waals surface area (Å²) >= 11 is 5.87. The molecule has 1 N–H and O–H groups in total. The molecule has 106 valence electrons. The van der Waals surface area contributed by atoms with Crippen LogP contribution in [0.5, 0.6) is 0 Å². The second-order valence-corrected chi connectivity index (χ2v) is 5.45. The number of hydrogen-bond acceptors (Lipinski definition) is 3. The van der Waals surface area contributed by atoms with Gasteiger partial charge in [-0.2, -0.15) is 0 Å². The number of nitrogens with zero attached hydrogens (tertiary/aromatic N) is 2. The van der Waals surface area contributed by atoms with Crippen molar-refractivity contribution in [1.29, 1.82) is 0 Å². The average molecular weight is 299 g/mol. The number of benzene rings is 1. The summed E-state index contributed by atoms with van der Waals surface area (Å²) in [6.07, 6.45) is 2.29. The molecule has 0 amide bonds. The summed E-state index contributed by atoms with van der Waals surface area (Å²) in [4.78, 5) is 8.99. The minimum atomic E-state index is 0.158. The van der Waals surface area contributed by atoms with Crippen LogP contribution in [0.4, 0.5) is 0 Å². The smallest absolute Gasteiger partial charge is 0.0896 e. The number of aliphatic hydroxyl groups is 1. The van der Waals surface area contributed by atoms with E-state index in [-0.39, 0.29) is 6.61 Å². The topological polar surface area (TPSA) is 46.0 Å². The van der Waals surface area contributed by atoms with Gasteiger partial charge in [-0.1, -0.05) is 17.7 Å². The first kappa shape index (κ1) is 14.0. The summed E-state index contributed by atoms with van der Waals surface area (Å²) in [5.41, 5.74) is 4.85. The second kappa shape index (κ2) is 5.80. The van der Waals surface area contributed by atoms with E-state index in [1.165, 1.54) is 0 Å². The van der Waals surface area contributed by atoms with Crippen molar-refractivity contribution in [3.8, 4) is 11.4 Å². The molecule has 3 aromatic rings. The Balaban J connectivity index is 2.10. The highest BCUT2D eigenvalue weighted by atomic mass is 35.5. The molecular weight excluding hydrogens is 284 g/mol. The van der Waals surface area contributed by atoms with Gasteiger partial charge < -0.3 is 5.11 Å². The normalized spacial score (nSPS) is 11.0. The van der Waals surface area contributed by atoms with E-state index in [4.69, 9.17) is 16.7 Å². The van der Waals surface area contributed by atoms with Crippen molar-refractivity contribution in [3.63, 3.8) is 0 Å².